The number of H-pyrrole nitrogens is 1. The number of Topliss-reactive ketones (excluding diaryl/α,β-unsaturated/α-hetero) is 1. The number of ketones is 1. The quantitative estimate of drug-likeness (QED) is 0.265. The predicted molar refractivity (Wildman–Crippen MR) is 139 cm³/mol. The van der Waals surface area contributed by atoms with E-state index in [9.17, 15) is 14.7 Å². The maximum Gasteiger partial charge on any atom is 0.291 e. The third-order valence-electron chi connectivity index (χ3n) is 7.01. The first kappa shape index (κ1) is 23.5. The Morgan fingerprint density at radius 2 is 1.97 bits per heavy atom. The molecule has 1 unspecified atom stereocenters. The first-order valence-electron chi connectivity index (χ1n) is 12.1. The standard InChI is InChI=1S/C27H25N7O4/c1-15(35)18-10-19(32-31-18)24-25-23(21(38-2)13-30-24)17(11-29-25)26(36)27(37)33-8-9-34-20(12-28-22(34)14-33)16-6-4-3-5-7-16/h3-7,10,12-13,17,29,35H,1,8-9,11,14H2,2H3,(H,31,32). The van der Waals surface area contributed by atoms with Gasteiger partial charge in [-0.1, -0.05) is 36.9 Å². The van der Waals surface area contributed by atoms with Gasteiger partial charge in [-0.25, -0.2) is 9.97 Å². The Labute approximate surface area is 217 Å². The summed E-state index contributed by atoms with van der Waals surface area (Å²) in [5.74, 6) is -0.838. The summed E-state index contributed by atoms with van der Waals surface area (Å²) in [6.45, 7) is 4.93. The molecule has 0 saturated carbocycles. The number of fused-ring (bicyclic) bond motifs is 2. The van der Waals surface area contributed by atoms with E-state index in [1.165, 1.54) is 13.3 Å². The van der Waals surface area contributed by atoms with E-state index in [1.807, 2.05) is 36.5 Å². The van der Waals surface area contributed by atoms with E-state index in [0.29, 0.717) is 47.2 Å². The molecule has 1 amide bonds. The minimum atomic E-state index is -0.748. The van der Waals surface area contributed by atoms with Crippen molar-refractivity contribution in [2.24, 2.45) is 0 Å². The molecule has 3 aromatic heterocycles. The summed E-state index contributed by atoms with van der Waals surface area (Å²) in [7, 11) is 1.50. The molecule has 4 aromatic rings. The number of ether oxygens (including phenoxy) is 1. The number of aliphatic hydroxyl groups excluding tert-OH is 1. The van der Waals surface area contributed by atoms with Gasteiger partial charge in [-0.05, 0) is 11.6 Å². The molecule has 1 atom stereocenters. The molecule has 192 valence electrons. The van der Waals surface area contributed by atoms with Gasteiger partial charge in [0.1, 0.15) is 28.7 Å². The highest BCUT2D eigenvalue weighted by molar-refractivity contribution is 6.38. The van der Waals surface area contributed by atoms with Gasteiger partial charge in [0.2, 0.25) is 5.78 Å². The lowest BCUT2D eigenvalue weighted by molar-refractivity contribution is -0.146. The Morgan fingerprint density at radius 3 is 2.71 bits per heavy atom. The minimum Gasteiger partial charge on any atom is -0.506 e. The number of nitrogens with zero attached hydrogens (tertiary/aromatic N) is 5. The fourth-order valence-corrected chi connectivity index (χ4v) is 5.09. The molecule has 0 fully saturated rings. The van der Waals surface area contributed by atoms with Gasteiger partial charge in [0.05, 0.1) is 49.0 Å². The predicted octanol–water partition coefficient (Wildman–Crippen LogP) is 2.99. The van der Waals surface area contributed by atoms with Crippen LogP contribution in [0.2, 0.25) is 0 Å². The summed E-state index contributed by atoms with van der Waals surface area (Å²) in [5, 5.41) is 19.8. The number of nitrogens with one attached hydrogen (secondary N) is 2. The van der Waals surface area contributed by atoms with Crippen LogP contribution in [0.4, 0.5) is 5.69 Å². The van der Waals surface area contributed by atoms with Crippen LogP contribution in [0.5, 0.6) is 5.75 Å². The highest BCUT2D eigenvalue weighted by atomic mass is 16.5. The number of imidazole rings is 1. The monoisotopic (exact) mass is 511 g/mol. The molecule has 3 N–H and O–H groups in total. The van der Waals surface area contributed by atoms with Gasteiger partial charge in [0, 0.05) is 25.2 Å². The molecule has 2 aliphatic heterocycles. The van der Waals surface area contributed by atoms with E-state index in [4.69, 9.17) is 4.74 Å². The molecule has 11 nitrogen and oxygen atoms in total. The maximum absolute atomic E-state index is 13.6. The molecule has 2 aliphatic rings. The molecule has 5 heterocycles. The Hall–Kier alpha value is -4.93. The summed E-state index contributed by atoms with van der Waals surface area (Å²) in [6.07, 6.45) is 3.32. The second kappa shape index (κ2) is 9.18. The summed E-state index contributed by atoms with van der Waals surface area (Å²) in [5.41, 5.74) is 4.46. The van der Waals surface area contributed by atoms with Crippen molar-refractivity contribution < 1.29 is 19.4 Å². The number of carbonyl (C=O) groups is 2. The van der Waals surface area contributed by atoms with Gasteiger partial charge < -0.3 is 24.6 Å². The smallest absolute Gasteiger partial charge is 0.291 e. The largest absolute Gasteiger partial charge is 0.506 e. The number of hydrogen-bond acceptors (Lipinski definition) is 8. The maximum atomic E-state index is 13.6. The van der Waals surface area contributed by atoms with Gasteiger partial charge in [0.25, 0.3) is 5.91 Å². The van der Waals surface area contributed by atoms with Gasteiger partial charge in [0.15, 0.2) is 0 Å². The lowest BCUT2D eigenvalue weighted by atomic mass is 9.94. The molecule has 1 aromatic carbocycles. The molecule has 0 aliphatic carbocycles. The van der Waals surface area contributed by atoms with E-state index in [2.05, 4.69) is 36.6 Å². The molecular formula is C27H25N7O4. The van der Waals surface area contributed by atoms with Crippen LogP contribution < -0.4 is 10.1 Å². The van der Waals surface area contributed by atoms with Crippen molar-refractivity contribution >= 4 is 23.1 Å². The fourth-order valence-electron chi connectivity index (χ4n) is 5.09. The number of amides is 1. The van der Waals surface area contributed by atoms with Crippen LogP contribution in [0.3, 0.4) is 0 Å². The first-order chi connectivity index (χ1) is 18.5. The minimum absolute atomic E-state index is 0.154. The molecule has 0 saturated heterocycles. The average molecular weight is 512 g/mol. The van der Waals surface area contributed by atoms with Crippen LogP contribution in [0.15, 0.2) is 55.4 Å². The van der Waals surface area contributed by atoms with E-state index in [1.54, 1.807) is 11.0 Å². The van der Waals surface area contributed by atoms with Gasteiger partial charge >= 0.3 is 0 Å². The van der Waals surface area contributed by atoms with Crippen LogP contribution in [0.25, 0.3) is 28.4 Å². The van der Waals surface area contributed by atoms with Crippen molar-refractivity contribution in [3.8, 4) is 28.4 Å². The second-order valence-electron chi connectivity index (χ2n) is 9.18. The SMILES string of the molecule is C=C(O)c1cc(-c2ncc(OC)c3c2NCC3C(=O)C(=O)N2CCn3c(-c4ccccc4)cnc3C2)n[nH]1. The Bertz CT molecular complexity index is 1570. The summed E-state index contributed by atoms with van der Waals surface area (Å²) >= 11 is 0. The molecule has 0 bridgehead atoms. The molecule has 11 heteroatoms. The fraction of sp³-hybridized carbons (Fsp3) is 0.222. The van der Waals surface area contributed by atoms with E-state index >= 15 is 0 Å². The van der Waals surface area contributed by atoms with Gasteiger partial charge in [-0.2, -0.15) is 5.10 Å². The van der Waals surface area contributed by atoms with Crippen molar-refractivity contribution in [1.82, 2.24) is 29.6 Å². The Kier molecular flexibility index (Phi) is 5.67. The highest BCUT2D eigenvalue weighted by Crippen LogP contribution is 2.43. The second-order valence-corrected chi connectivity index (χ2v) is 9.18. The van der Waals surface area contributed by atoms with Crippen molar-refractivity contribution in [1.29, 1.82) is 0 Å². The Balaban J connectivity index is 1.26. The van der Waals surface area contributed by atoms with Crippen molar-refractivity contribution in [3.63, 3.8) is 0 Å². The number of hydrogen-bond donors (Lipinski definition) is 3. The van der Waals surface area contributed by atoms with Crippen LogP contribution in [0.1, 0.15) is 23.0 Å². The Morgan fingerprint density at radius 1 is 1.16 bits per heavy atom. The van der Waals surface area contributed by atoms with Crippen molar-refractivity contribution in [2.75, 3.05) is 25.5 Å². The number of aromatic amines is 1. The van der Waals surface area contributed by atoms with E-state index < -0.39 is 17.6 Å². The summed E-state index contributed by atoms with van der Waals surface area (Å²) in [6, 6.07) is 11.6. The highest BCUT2D eigenvalue weighted by Gasteiger charge is 2.40. The third kappa shape index (κ3) is 3.79. The lowest BCUT2D eigenvalue weighted by Crippen LogP contribution is -2.43. The zero-order valence-corrected chi connectivity index (χ0v) is 20.6. The first-order valence-corrected chi connectivity index (χ1v) is 12.1. The number of methoxy groups -OCH3 is 1. The van der Waals surface area contributed by atoms with Gasteiger partial charge in [-0.3, -0.25) is 14.7 Å². The normalized spacial score (nSPS) is 15.9. The summed E-state index contributed by atoms with van der Waals surface area (Å²) in [4.78, 5) is 37.5. The number of aromatic nitrogens is 5. The van der Waals surface area contributed by atoms with Crippen LogP contribution >= 0.6 is 0 Å². The van der Waals surface area contributed by atoms with Crippen LogP contribution in [-0.2, 0) is 22.7 Å². The number of aliphatic hydroxyl groups is 1. The van der Waals surface area contributed by atoms with Crippen LogP contribution in [0, 0.1) is 0 Å². The molecular weight excluding hydrogens is 486 g/mol. The van der Waals surface area contributed by atoms with E-state index in [0.717, 1.165) is 17.1 Å². The lowest BCUT2D eigenvalue weighted by Gasteiger charge is -2.29. The number of anilines is 1. The molecule has 0 spiro atoms. The number of benzene rings is 1. The molecule has 38 heavy (non-hydrogen) atoms. The zero-order valence-electron chi connectivity index (χ0n) is 20.6. The van der Waals surface area contributed by atoms with Crippen molar-refractivity contribution in [3.05, 3.63) is 72.5 Å². The van der Waals surface area contributed by atoms with Crippen LogP contribution in [-0.4, -0.2) is 66.6 Å². The zero-order chi connectivity index (χ0) is 26.4. The molecule has 0 radical (unpaired) electrons. The molecule has 6 rings (SSSR count). The number of rotatable bonds is 6. The summed E-state index contributed by atoms with van der Waals surface area (Å²) < 4.78 is 7.61. The van der Waals surface area contributed by atoms with Gasteiger partial charge in [-0.15, -0.1) is 0 Å². The van der Waals surface area contributed by atoms with E-state index in [-0.39, 0.29) is 18.8 Å². The topological polar surface area (TPSA) is 138 Å². The number of carbonyl (C=O) groups excluding carboxylic acids is 2. The average Bonchev–Trinajstić information content (AvgIpc) is 3.70. The number of pyridine rings is 1. The third-order valence-corrected chi connectivity index (χ3v) is 7.01. The van der Waals surface area contributed by atoms with Crippen molar-refractivity contribution in [2.45, 2.75) is 19.0 Å².